The zero-order chi connectivity index (χ0) is 8.97. The standard InChI is InChI=1S/C2HN8O2/c3-9-7-1-4-2(6-5-1)8-10(11)12/h(H-,4,5,6,8)/q-1. The summed E-state index contributed by atoms with van der Waals surface area (Å²) in [4.78, 5) is 15.5. The lowest BCUT2D eigenvalue weighted by atomic mass is 11.0. The molecule has 0 aliphatic heterocycles. The molecule has 0 saturated carbocycles. The maximum atomic E-state index is 9.78. The van der Waals surface area contributed by atoms with Gasteiger partial charge >= 0.3 is 0 Å². The normalized spacial score (nSPS) is 8.67. The van der Waals surface area contributed by atoms with Gasteiger partial charge in [-0.05, 0) is 10.6 Å². The van der Waals surface area contributed by atoms with Crippen molar-refractivity contribution in [3.63, 3.8) is 0 Å². The van der Waals surface area contributed by atoms with E-state index in [1.54, 1.807) is 0 Å². The SMILES string of the molecule is [N-]=[N+]=Nc1n[nH]c([N-][N+](=O)[O-])n1. The fourth-order valence-corrected chi connectivity index (χ4v) is 0.452. The number of rotatable bonds is 3. The minimum absolute atomic E-state index is 0.238. The summed E-state index contributed by atoms with van der Waals surface area (Å²) in [5.74, 6) is -0.555. The fourth-order valence-electron chi connectivity index (χ4n) is 0.452. The van der Waals surface area contributed by atoms with E-state index in [1.165, 1.54) is 0 Å². The van der Waals surface area contributed by atoms with E-state index >= 15 is 0 Å². The van der Waals surface area contributed by atoms with Gasteiger partial charge in [0.25, 0.3) is 0 Å². The molecular formula is C2HN8O2-. The van der Waals surface area contributed by atoms with Gasteiger partial charge in [0.05, 0.1) is 0 Å². The number of nitrogens with one attached hydrogen (secondary N) is 1. The lowest BCUT2D eigenvalue weighted by Crippen LogP contribution is -1.86. The van der Waals surface area contributed by atoms with Crippen molar-refractivity contribution in [2.75, 3.05) is 0 Å². The van der Waals surface area contributed by atoms with E-state index < -0.39 is 5.03 Å². The summed E-state index contributed by atoms with van der Waals surface area (Å²) in [5.41, 5.74) is 10.7. The first-order chi connectivity index (χ1) is 5.72. The van der Waals surface area contributed by atoms with Gasteiger partial charge in [-0.15, -0.1) is 0 Å². The second kappa shape index (κ2) is 3.16. The average molecular weight is 169 g/mol. The molecule has 1 rings (SSSR count). The Labute approximate surface area is 64.4 Å². The zero-order valence-electron chi connectivity index (χ0n) is 5.45. The highest BCUT2D eigenvalue weighted by atomic mass is 16.7. The lowest BCUT2D eigenvalue weighted by Gasteiger charge is -1.92. The third-order valence-corrected chi connectivity index (χ3v) is 0.772. The number of nitrogens with zero attached hydrogens (tertiary/aromatic N) is 7. The van der Waals surface area contributed by atoms with E-state index in [0.29, 0.717) is 0 Å². The number of hydrogen-bond donors (Lipinski definition) is 1. The second-order valence-corrected chi connectivity index (χ2v) is 1.49. The van der Waals surface area contributed by atoms with Gasteiger partial charge in [0, 0.05) is 4.91 Å². The quantitative estimate of drug-likeness (QED) is 0.235. The van der Waals surface area contributed by atoms with Gasteiger partial charge in [-0.1, -0.05) is 5.43 Å². The summed E-state index contributed by atoms with van der Waals surface area (Å²) >= 11 is 0. The monoisotopic (exact) mass is 169 g/mol. The summed E-state index contributed by atoms with van der Waals surface area (Å²) in [5, 5.41) is 17.2. The maximum absolute atomic E-state index is 9.78. The van der Waals surface area contributed by atoms with Crippen LogP contribution in [-0.4, -0.2) is 20.2 Å². The van der Waals surface area contributed by atoms with Crippen molar-refractivity contribution in [2.24, 2.45) is 5.11 Å². The predicted molar refractivity (Wildman–Crippen MR) is 35.2 cm³/mol. The van der Waals surface area contributed by atoms with Gasteiger partial charge in [0.15, 0.2) is 5.95 Å². The molecule has 1 aromatic rings. The molecule has 0 atom stereocenters. The molecule has 0 amide bonds. The third kappa shape index (κ3) is 1.82. The Hall–Kier alpha value is -2.35. The molecule has 1 aromatic heterocycles. The summed E-state index contributed by atoms with van der Waals surface area (Å²) in [6, 6.07) is 0. The first-order valence-corrected chi connectivity index (χ1v) is 2.56. The summed E-state index contributed by atoms with van der Waals surface area (Å²) in [7, 11) is 0. The van der Waals surface area contributed by atoms with Crippen LogP contribution in [-0.2, 0) is 0 Å². The maximum Gasteiger partial charge on any atom is 0.154 e. The third-order valence-electron chi connectivity index (χ3n) is 0.772. The van der Waals surface area contributed by atoms with Gasteiger partial charge in [-0.2, -0.15) is 0 Å². The Morgan fingerprint density at radius 3 is 3.17 bits per heavy atom. The van der Waals surface area contributed by atoms with Crippen molar-refractivity contribution in [3.8, 4) is 0 Å². The molecule has 0 radical (unpaired) electrons. The molecule has 62 valence electrons. The smallest absolute Gasteiger partial charge is 0.154 e. The molecule has 10 heteroatoms. The zero-order valence-corrected chi connectivity index (χ0v) is 5.45. The molecule has 0 aliphatic carbocycles. The second-order valence-electron chi connectivity index (χ2n) is 1.49. The predicted octanol–water partition coefficient (Wildman–Crippen LogP) is 0.943. The van der Waals surface area contributed by atoms with Crippen molar-refractivity contribution < 1.29 is 5.03 Å². The average Bonchev–Trinajstić information content (AvgIpc) is 2.36. The van der Waals surface area contributed by atoms with E-state index in [-0.39, 0.29) is 11.9 Å². The van der Waals surface area contributed by atoms with Crippen LogP contribution in [0, 0.1) is 10.1 Å². The van der Waals surface area contributed by atoms with Crippen molar-refractivity contribution in [3.05, 3.63) is 26.0 Å². The Kier molecular flexibility index (Phi) is 2.04. The van der Waals surface area contributed by atoms with Crippen LogP contribution in [0.4, 0.5) is 11.9 Å². The highest BCUT2D eigenvalue weighted by Gasteiger charge is 1.95. The molecule has 0 saturated heterocycles. The van der Waals surface area contributed by atoms with Crippen LogP contribution in [0.5, 0.6) is 0 Å². The number of nitro groups is 1. The van der Waals surface area contributed by atoms with Crippen molar-refractivity contribution >= 4 is 11.9 Å². The van der Waals surface area contributed by atoms with Crippen LogP contribution in [0.1, 0.15) is 0 Å². The van der Waals surface area contributed by atoms with Crippen LogP contribution >= 0.6 is 0 Å². The number of H-pyrrole nitrogens is 1. The molecule has 0 spiro atoms. The van der Waals surface area contributed by atoms with Gasteiger partial charge in [0.1, 0.15) is 11.0 Å². The van der Waals surface area contributed by atoms with Crippen LogP contribution in [0.15, 0.2) is 5.11 Å². The van der Waals surface area contributed by atoms with Crippen LogP contribution in [0.25, 0.3) is 15.9 Å². The van der Waals surface area contributed by atoms with E-state index in [4.69, 9.17) is 5.53 Å². The largest absolute Gasteiger partial charge is 0.337 e. The van der Waals surface area contributed by atoms with Crippen molar-refractivity contribution in [1.82, 2.24) is 15.2 Å². The van der Waals surface area contributed by atoms with Gasteiger partial charge in [-0.25, -0.2) is 15.2 Å². The van der Waals surface area contributed by atoms with Crippen LogP contribution < -0.4 is 0 Å². The molecule has 0 aromatic carbocycles. The highest BCUT2D eigenvalue weighted by molar-refractivity contribution is 5.30. The molecule has 1 heterocycles. The Morgan fingerprint density at radius 1 is 1.83 bits per heavy atom. The molecule has 12 heavy (non-hydrogen) atoms. The number of aromatic nitrogens is 3. The lowest BCUT2D eigenvalue weighted by molar-refractivity contribution is -0.419. The van der Waals surface area contributed by atoms with Gasteiger partial charge < -0.3 is 10.1 Å². The van der Waals surface area contributed by atoms with Crippen molar-refractivity contribution in [2.45, 2.75) is 0 Å². The fraction of sp³-hybridized carbons (Fsp3) is 0. The number of aromatic amines is 1. The molecule has 0 fully saturated rings. The van der Waals surface area contributed by atoms with E-state index in [0.717, 1.165) is 0 Å². The minimum atomic E-state index is -0.944. The topological polar surface area (TPSA) is 148 Å². The molecule has 0 bridgehead atoms. The minimum Gasteiger partial charge on any atom is -0.337 e. The molecule has 0 unspecified atom stereocenters. The Morgan fingerprint density at radius 2 is 2.58 bits per heavy atom. The van der Waals surface area contributed by atoms with Gasteiger partial charge in [0.2, 0.25) is 0 Å². The molecule has 0 aliphatic rings. The van der Waals surface area contributed by atoms with E-state index in [1.807, 2.05) is 0 Å². The van der Waals surface area contributed by atoms with Crippen LogP contribution in [0.3, 0.4) is 0 Å². The molecule has 1 N–H and O–H groups in total. The van der Waals surface area contributed by atoms with E-state index in [9.17, 15) is 10.1 Å². The Balaban J connectivity index is 2.77. The molecule has 10 nitrogen and oxygen atoms in total. The summed E-state index contributed by atoms with van der Waals surface area (Å²) in [6.45, 7) is 0. The van der Waals surface area contributed by atoms with Crippen molar-refractivity contribution in [1.29, 1.82) is 0 Å². The highest BCUT2D eigenvalue weighted by Crippen LogP contribution is 2.13. The first-order valence-electron chi connectivity index (χ1n) is 2.56. The summed E-state index contributed by atoms with van der Waals surface area (Å²) < 4.78 is 0. The Bertz CT molecular complexity index is 335. The summed E-state index contributed by atoms with van der Waals surface area (Å²) in [6.07, 6.45) is 0. The van der Waals surface area contributed by atoms with E-state index in [2.05, 4.69) is 30.6 Å². The van der Waals surface area contributed by atoms with Crippen LogP contribution in [0.2, 0.25) is 0 Å². The first kappa shape index (κ1) is 7.75. The number of hydrogen-bond acceptors (Lipinski definition) is 5. The van der Waals surface area contributed by atoms with Gasteiger partial charge in [-0.3, -0.25) is 0 Å². The number of azide groups is 1. The molecular weight excluding hydrogens is 168 g/mol.